The molecule has 0 bridgehead atoms. The predicted molar refractivity (Wildman–Crippen MR) is 54.4 cm³/mol. The van der Waals surface area contributed by atoms with Crippen molar-refractivity contribution in [3.05, 3.63) is 30.5 Å². The average molecular weight is 194 g/mol. The van der Waals surface area contributed by atoms with Gasteiger partial charge in [0.05, 0.1) is 5.52 Å². The molecule has 0 unspecified atom stereocenters. The van der Waals surface area contributed by atoms with Crippen LogP contribution in [0.3, 0.4) is 0 Å². The number of fused-ring (bicyclic) bond motifs is 1. The normalized spacial score (nSPS) is 10.4. The van der Waals surface area contributed by atoms with Gasteiger partial charge in [-0.1, -0.05) is 18.2 Å². The molecule has 0 amide bonds. The highest BCUT2D eigenvalue weighted by Crippen LogP contribution is 2.18. The van der Waals surface area contributed by atoms with Gasteiger partial charge in [-0.15, -0.1) is 11.7 Å². The minimum Gasteiger partial charge on any atom is -0.230 e. The minimum atomic E-state index is 0.692. The molecule has 2 nitrogen and oxygen atoms in total. The highest BCUT2D eigenvalue weighted by atomic mass is 33.1. The maximum absolute atomic E-state index is 4.27. The van der Waals surface area contributed by atoms with Crippen molar-refractivity contribution in [2.24, 2.45) is 0 Å². The number of thiol groups is 1. The summed E-state index contributed by atoms with van der Waals surface area (Å²) < 4.78 is 0. The van der Waals surface area contributed by atoms with Gasteiger partial charge in [0.2, 0.25) is 0 Å². The second-order valence-corrected chi connectivity index (χ2v) is 3.40. The first-order chi connectivity index (χ1) is 5.90. The lowest BCUT2D eigenvalue weighted by Crippen LogP contribution is -1.84. The first-order valence-electron chi connectivity index (χ1n) is 3.43. The molecule has 12 heavy (non-hydrogen) atoms. The summed E-state index contributed by atoms with van der Waals surface area (Å²) in [5.41, 5.74) is 0.962. The Morgan fingerprint density at radius 1 is 1.25 bits per heavy atom. The van der Waals surface area contributed by atoms with Gasteiger partial charge in [0.25, 0.3) is 0 Å². The van der Waals surface area contributed by atoms with Gasteiger partial charge < -0.3 is 0 Å². The van der Waals surface area contributed by atoms with Crippen LogP contribution >= 0.6 is 22.5 Å². The third kappa shape index (κ3) is 1.40. The maximum atomic E-state index is 4.27. The molecule has 0 atom stereocenters. The molecule has 2 rings (SSSR count). The van der Waals surface area contributed by atoms with Gasteiger partial charge >= 0.3 is 0 Å². The van der Waals surface area contributed by atoms with E-state index >= 15 is 0 Å². The maximum Gasteiger partial charge on any atom is 0.198 e. The Balaban J connectivity index is 2.67. The van der Waals surface area contributed by atoms with Crippen molar-refractivity contribution in [3.8, 4) is 0 Å². The minimum absolute atomic E-state index is 0.692. The monoisotopic (exact) mass is 194 g/mol. The van der Waals surface area contributed by atoms with E-state index in [0.29, 0.717) is 5.16 Å². The standard InChI is InChI=1S/C8H6N2S2/c11-12-8-9-5-6-3-1-2-4-7(6)10-8/h1-5,11H. The topological polar surface area (TPSA) is 25.8 Å². The molecule has 0 N–H and O–H groups in total. The molecule has 0 saturated heterocycles. The second-order valence-electron chi connectivity index (χ2n) is 2.30. The number of aromatic nitrogens is 2. The van der Waals surface area contributed by atoms with Crippen molar-refractivity contribution in [2.45, 2.75) is 5.16 Å². The zero-order valence-electron chi connectivity index (χ0n) is 6.14. The van der Waals surface area contributed by atoms with Crippen molar-refractivity contribution in [3.63, 3.8) is 0 Å². The molecular weight excluding hydrogens is 188 g/mol. The second kappa shape index (κ2) is 3.33. The predicted octanol–water partition coefficient (Wildman–Crippen LogP) is 2.57. The lowest BCUT2D eigenvalue weighted by atomic mass is 10.2. The molecule has 1 heterocycles. The fraction of sp³-hybridized carbons (Fsp3) is 0. The van der Waals surface area contributed by atoms with Crippen molar-refractivity contribution in [1.82, 2.24) is 9.97 Å². The molecule has 0 radical (unpaired) electrons. The largest absolute Gasteiger partial charge is 0.230 e. The van der Waals surface area contributed by atoms with Gasteiger partial charge in [-0.25, -0.2) is 9.97 Å². The quantitative estimate of drug-likeness (QED) is 0.429. The van der Waals surface area contributed by atoms with E-state index in [-0.39, 0.29) is 0 Å². The van der Waals surface area contributed by atoms with Gasteiger partial charge in [-0.3, -0.25) is 0 Å². The molecule has 0 aliphatic carbocycles. The van der Waals surface area contributed by atoms with E-state index in [1.54, 1.807) is 6.20 Å². The molecule has 0 saturated carbocycles. The number of rotatable bonds is 1. The van der Waals surface area contributed by atoms with Crippen LogP contribution in [0.15, 0.2) is 35.6 Å². The molecule has 0 spiro atoms. The molecule has 0 aliphatic rings. The summed E-state index contributed by atoms with van der Waals surface area (Å²) in [6.07, 6.45) is 1.81. The Morgan fingerprint density at radius 2 is 2.08 bits per heavy atom. The molecule has 1 aromatic heterocycles. The smallest absolute Gasteiger partial charge is 0.198 e. The van der Waals surface area contributed by atoms with Crippen LogP contribution in [0.5, 0.6) is 0 Å². The molecule has 1 aromatic carbocycles. The molecule has 0 fully saturated rings. The van der Waals surface area contributed by atoms with Crippen LogP contribution in [0.1, 0.15) is 0 Å². The van der Waals surface area contributed by atoms with Crippen LogP contribution < -0.4 is 0 Å². The number of hydrogen-bond donors (Lipinski definition) is 1. The van der Waals surface area contributed by atoms with Gasteiger partial charge in [0.1, 0.15) is 0 Å². The summed E-state index contributed by atoms with van der Waals surface area (Å²) in [5.74, 6) is 0. The van der Waals surface area contributed by atoms with Gasteiger partial charge in [-0.05, 0) is 16.9 Å². The summed E-state index contributed by atoms with van der Waals surface area (Å²) >= 11 is 4.03. The molecule has 2 aromatic rings. The van der Waals surface area contributed by atoms with Gasteiger partial charge in [-0.2, -0.15) is 0 Å². The number of para-hydroxylation sites is 1. The first kappa shape index (κ1) is 7.89. The summed E-state index contributed by atoms with van der Waals surface area (Å²) in [6.45, 7) is 0. The van der Waals surface area contributed by atoms with E-state index < -0.39 is 0 Å². The van der Waals surface area contributed by atoms with Crippen LogP contribution in [0.25, 0.3) is 10.9 Å². The van der Waals surface area contributed by atoms with E-state index in [4.69, 9.17) is 0 Å². The summed E-state index contributed by atoms with van der Waals surface area (Å²) in [5, 5.41) is 1.75. The summed E-state index contributed by atoms with van der Waals surface area (Å²) in [4.78, 5) is 8.37. The number of benzene rings is 1. The van der Waals surface area contributed by atoms with E-state index in [1.165, 1.54) is 10.8 Å². The lowest BCUT2D eigenvalue weighted by molar-refractivity contribution is 1.01. The SMILES string of the molecule is SSc1ncc2ccccc2n1. The third-order valence-corrected chi connectivity index (χ3v) is 2.40. The molecule has 60 valence electrons. The highest BCUT2D eigenvalue weighted by molar-refractivity contribution is 8.68. The summed E-state index contributed by atoms with van der Waals surface area (Å²) in [6, 6.07) is 7.88. The fourth-order valence-electron chi connectivity index (χ4n) is 0.999. The van der Waals surface area contributed by atoms with Crippen LogP contribution in [-0.2, 0) is 0 Å². The highest BCUT2D eigenvalue weighted by Gasteiger charge is 1.96. The van der Waals surface area contributed by atoms with E-state index in [9.17, 15) is 0 Å². The first-order valence-corrected chi connectivity index (χ1v) is 5.30. The van der Waals surface area contributed by atoms with Crippen molar-refractivity contribution < 1.29 is 0 Å². The van der Waals surface area contributed by atoms with Gasteiger partial charge in [0, 0.05) is 11.6 Å². The molecule has 0 aliphatic heterocycles. The van der Waals surface area contributed by atoms with E-state index in [1.807, 2.05) is 24.3 Å². The van der Waals surface area contributed by atoms with Crippen LogP contribution in [0.4, 0.5) is 0 Å². The van der Waals surface area contributed by atoms with Crippen molar-refractivity contribution in [1.29, 1.82) is 0 Å². The zero-order chi connectivity index (χ0) is 8.39. The summed E-state index contributed by atoms with van der Waals surface area (Å²) in [7, 11) is 1.26. The zero-order valence-corrected chi connectivity index (χ0v) is 7.85. The molecular formula is C8H6N2S2. The van der Waals surface area contributed by atoms with E-state index in [0.717, 1.165) is 10.9 Å². The van der Waals surface area contributed by atoms with Crippen molar-refractivity contribution in [2.75, 3.05) is 0 Å². The van der Waals surface area contributed by atoms with Crippen LogP contribution in [0.2, 0.25) is 0 Å². The van der Waals surface area contributed by atoms with Crippen molar-refractivity contribution >= 4 is 33.4 Å². The number of hydrogen-bond acceptors (Lipinski definition) is 4. The lowest BCUT2D eigenvalue weighted by Gasteiger charge is -1.96. The Bertz CT molecular complexity index is 403. The Labute approximate surface area is 79.2 Å². The Hall–Kier alpha value is -0.740. The third-order valence-electron chi connectivity index (χ3n) is 1.55. The van der Waals surface area contributed by atoms with Crippen LogP contribution in [-0.4, -0.2) is 9.97 Å². The average Bonchev–Trinajstić information content (AvgIpc) is 2.17. The fourth-order valence-corrected chi connectivity index (χ4v) is 1.50. The Morgan fingerprint density at radius 3 is 2.92 bits per heavy atom. The van der Waals surface area contributed by atoms with Crippen LogP contribution in [0, 0.1) is 0 Å². The Kier molecular flexibility index (Phi) is 2.19. The van der Waals surface area contributed by atoms with E-state index in [2.05, 4.69) is 21.6 Å². The molecule has 4 heteroatoms. The van der Waals surface area contributed by atoms with Gasteiger partial charge in [0.15, 0.2) is 5.16 Å². The number of nitrogens with zero attached hydrogens (tertiary/aromatic N) is 2.